The van der Waals surface area contributed by atoms with Crippen LogP contribution >= 0.6 is 0 Å². The molecule has 2 aromatic carbocycles. The number of likely N-dealkylation sites (tertiary alicyclic amines) is 1. The number of carbonyl (C=O) groups is 1. The van der Waals surface area contributed by atoms with Crippen LogP contribution in [0.15, 0.2) is 42.5 Å². The maximum absolute atomic E-state index is 13.7. The summed E-state index contributed by atoms with van der Waals surface area (Å²) in [6, 6.07) is 7.50. The highest BCUT2D eigenvalue weighted by atomic mass is 19.4. The quantitative estimate of drug-likeness (QED) is 0.526. The van der Waals surface area contributed by atoms with Gasteiger partial charge >= 0.3 is 12.3 Å². The molecule has 0 spiro atoms. The number of hydrogen-bond acceptors (Lipinski definition) is 5. The third-order valence-corrected chi connectivity index (χ3v) is 5.00. The van der Waals surface area contributed by atoms with E-state index >= 15 is 0 Å². The molecule has 0 saturated carbocycles. The number of nitro groups is 1. The number of hydrogen-bond donors (Lipinski definition) is 1. The van der Waals surface area contributed by atoms with Gasteiger partial charge in [-0.05, 0) is 50.2 Å². The molecule has 0 atom stereocenters. The molecular formula is C20H20F3N3O5. The van der Waals surface area contributed by atoms with Crippen molar-refractivity contribution in [1.82, 2.24) is 4.90 Å². The molecule has 1 aliphatic rings. The maximum atomic E-state index is 13.7. The van der Waals surface area contributed by atoms with Crippen LogP contribution in [-0.2, 0) is 6.18 Å². The highest BCUT2D eigenvalue weighted by Crippen LogP contribution is 2.41. The number of anilines is 2. The molecule has 1 amide bonds. The molecule has 8 nitrogen and oxygen atoms in total. The predicted molar refractivity (Wildman–Crippen MR) is 106 cm³/mol. The lowest BCUT2D eigenvalue weighted by atomic mass is 10.1. The lowest BCUT2D eigenvalue weighted by Crippen LogP contribution is -2.36. The van der Waals surface area contributed by atoms with Gasteiger partial charge in [0.15, 0.2) is 0 Å². The Hall–Kier alpha value is -3.34. The molecule has 0 aliphatic carbocycles. The summed E-state index contributed by atoms with van der Waals surface area (Å²) in [6.45, 7) is 1.41. The third-order valence-electron chi connectivity index (χ3n) is 5.00. The standard InChI is InChI=1S/C20H20F3N3O5/c1-24-10-8-16(9-11-24)31-18-7-6-15(12-17(18)20(21,22)23)25(19(27)28)13-2-4-14(5-3-13)26(29)30/h2-7,12,16H,8-11H2,1H3,(H,27,28). The summed E-state index contributed by atoms with van der Waals surface area (Å²) < 4.78 is 46.8. The van der Waals surface area contributed by atoms with E-state index in [1.54, 1.807) is 0 Å². The van der Waals surface area contributed by atoms with Gasteiger partial charge in [-0.3, -0.25) is 10.1 Å². The Morgan fingerprint density at radius 1 is 1.16 bits per heavy atom. The van der Waals surface area contributed by atoms with Crippen LogP contribution in [0.3, 0.4) is 0 Å². The average Bonchev–Trinajstić information content (AvgIpc) is 2.70. The number of nitro benzene ring substituents is 1. The van der Waals surface area contributed by atoms with Crippen molar-refractivity contribution in [3.63, 3.8) is 0 Å². The number of nitrogens with zero attached hydrogens (tertiary/aromatic N) is 3. The first-order valence-electron chi connectivity index (χ1n) is 9.40. The fourth-order valence-electron chi connectivity index (χ4n) is 3.36. The van der Waals surface area contributed by atoms with Crippen LogP contribution in [0.25, 0.3) is 0 Å². The normalized spacial score (nSPS) is 15.5. The molecule has 31 heavy (non-hydrogen) atoms. The Morgan fingerprint density at radius 3 is 2.26 bits per heavy atom. The van der Waals surface area contributed by atoms with E-state index in [9.17, 15) is 33.2 Å². The Labute approximate surface area is 175 Å². The van der Waals surface area contributed by atoms with Gasteiger partial charge in [0.1, 0.15) is 11.9 Å². The second kappa shape index (κ2) is 8.80. The van der Waals surface area contributed by atoms with E-state index < -0.39 is 22.8 Å². The summed E-state index contributed by atoms with van der Waals surface area (Å²) >= 11 is 0. The lowest BCUT2D eigenvalue weighted by molar-refractivity contribution is -0.384. The number of rotatable bonds is 5. The van der Waals surface area contributed by atoms with E-state index in [0.29, 0.717) is 36.9 Å². The van der Waals surface area contributed by atoms with Gasteiger partial charge in [0.25, 0.3) is 5.69 Å². The van der Waals surface area contributed by atoms with Crippen molar-refractivity contribution in [3.8, 4) is 5.75 Å². The summed E-state index contributed by atoms with van der Waals surface area (Å²) in [5.74, 6) is -0.361. The molecule has 0 aromatic heterocycles. The third kappa shape index (κ3) is 5.23. The topological polar surface area (TPSA) is 96.2 Å². The molecule has 11 heteroatoms. The molecule has 1 saturated heterocycles. The number of carboxylic acid groups (broad SMARTS) is 1. The highest BCUT2D eigenvalue weighted by molar-refractivity contribution is 5.95. The van der Waals surface area contributed by atoms with Gasteiger partial charge in [0.05, 0.1) is 21.9 Å². The van der Waals surface area contributed by atoms with Gasteiger partial charge in [-0.15, -0.1) is 0 Å². The number of piperidine rings is 1. The number of amides is 1. The van der Waals surface area contributed by atoms with Crippen molar-refractivity contribution in [3.05, 3.63) is 58.1 Å². The van der Waals surface area contributed by atoms with E-state index in [-0.39, 0.29) is 28.9 Å². The Bertz CT molecular complexity index is 958. The van der Waals surface area contributed by atoms with Gasteiger partial charge in [-0.1, -0.05) is 0 Å². The van der Waals surface area contributed by atoms with Crippen LogP contribution in [0, 0.1) is 10.1 Å². The zero-order valence-electron chi connectivity index (χ0n) is 16.5. The summed E-state index contributed by atoms with van der Waals surface area (Å²) in [5.41, 5.74) is -1.65. The molecule has 0 bridgehead atoms. The van der Waals surface area contributed by atoms with Gasteiger partial charge in [0.2, 0.25) is 0 Å². The molecule has 2 aromatic rings. The maximum Gasteiger partial charge on any atom is 0.420 e. The Morgan fingerprint density at radius 2 is 1.74 bits per heavy atom. The van der Waals surface area contributed by atoms with Gasteiger partial charge in [-0.25, -0.2) is 9.69 Å². The summed E-state index contributed by atoms with van der Waals surface area (Å²) in [4.78, 5) is 24.6. The first-order valence-corrected chi connectivity index (χ1v) is 9.40. The fraction of sp³-hybridized carbons (Fsp3) is 0.350. The number of halogens is 3. The zero-order chi connectivity index (χ0) is 22.8. The van der Waals surface area contributed by atoms with Crippen LogP contribution in [0.2, 0.25) is 0 Å². The first kappa shape index (κ1) is 22.3. The smallest absolute Gasteiger partial charge is 0.420 e. The summed E-state index contributed by atoms with van der Waals surface area (Å²) in [5, 5.41) is 20.4. The lowest BCUT2D eigenvalue weighted by Gasteiger charge is -2.30. The highest BCUT2D eigenvalue weighted by Gasteiger charge is 2.36. The van der Waals surface area contributed by atoms with Crippen molar-refractivity contribution in [2.75, 3.05) is 25.0 Å². The number of ether oxygens (including phenoxy) is 1. The molecule has 1 N–H and O–H groups in total. The second-order valence-electron chi connectivity index (χ2n) is 7.19. The molecule has 0 radical (unpaired) electrons. The Balaban J connectivity index is 1.95. The van der Waals surface area contributed by atoms with Crippen LogP contribution in [0.5, 0.6) is 5.75 Å². The summed E-state index contributed by atoms with van der Waals surface area (Å²) in [6.07, 6.45) is -5.50. The molecule has 0 unspecified atom stereocenters. The van der Waals surface area contributed by atoms with Crippen LogP contribution in [-0.4, -0.2) is 47.3 Å². The van der Waals surface area contributed by atoms with E-state index in [4.69, 9.17) is 4.74 Å². The van der Waals surface area contributed by atoms with Crippen LogP contribution in [0.4, 0.5) is 35.0 Å². The van der Waals surface area contributed by atoms with Crippen LogP contribution in [0.1, 0.15) is 18.4 Å². The monoisotopic (exact) mass is 439 g/mol. The van der Waals surface area contributed by atoms with Gasteiger partial charge in [0, 0.05) is 25.2 Å². The molecular weight excluding hydrogens is 419 g/mol. The molecule has 166 valence electrons. The minimum Gasteiger partial charge on any atom is -0.490 e. The zero-order valence-corrected chi connectivity index (χ0v) is 16.5. The van der Waals surface area contributed by atoms with Gasteiger partial charge in [-0.2, -0.15) is 13.2 Å². The number of non-ortho nitro benzene ring substituents is 1. The van der Waals surface area contributed by atoms with Crippen molar-refractivity contribution in [1.29, 1.82) is 0 Å². The number of alkyl halides is 3. The average molecular weight is 439 g/mol. The Kier molecular flexibility index (Phi) is 6.34. The van der Waals surface area contributed by atoms with Crippen molar-refractivity contribution in [2.24, 2.45) is 0 Å². The number of benzene rings is 2. The molecule has 1 aliphatic heterocycles. The second-order valence-corrected chi connectivity index (χ2v) is 7.19. The largest absolute Gasteiger partial charge is 0.490 e. The van der Waals surface area contributed by atoms with E-state index in [1.807, 2.05) is 7.05 Å². The van der Waals surface area contributed by atoms with E-state index in [2.05, 4.69) is 4.90 Å². The molecule has 1 fully saturated rings. The first-order chi connectivity index (χ1) is 14.6. The predicted octanol–water partition coefficient (Wildman–Crippen LogP) is 4.90. The van der Waals surface area contributed by atoms with Crippen molar-refractivity contribution in [2.45, 2.75) is 25.1 Å². The molecule has 3 rings (SSSR count). The van der Waals surface area contributed by atoms with E-state index in [1.165, 1.54) is 6.07 Å². The van der Waals surface area contributed by atoms with Crippen LogP contribution < -0.4 is 9.64 Å². The fourth-order valence-corrected chi connectivity index (χ4v) is 3.36. The SMILES string of the molecule is CN1CCC(Oc2ccc(N(C(=O)O)c3ccc([N+](=O)[O-])cc3)cc2C(F)(F)F)CC1. The minimum atomic E-state index is -4.77. The van der Waals surface area contributed by atoms with E-state index in [0.717, 1.165) is 30.3 Å². The minimum absolute atomic E-state index is 0.0322. The summed E-state index contributed by atoms with van der Waals surface area (Å²) in [7, 11) is 1.92. The van der Waals surface area contributed by atoms with Crippen molar-refractivity contribution >= 4 is 23.2 Å². The molecule has 1 heterocycles. The van der Waals surface area contributed by atoms with Crippen molar-refractivity contribution < 1.29 is 32.7 Å². The van der Waals surface area contributed by atoms with Gasteiger partial charge < -0.3 is 14.7 Å².